The highest BCUT2D eigenvalue weighted by molar-refractivity contribution is 7.91. The van der Waals surface area contributed by atoms with E-state index in [0.717, 1.165) is 16.9 Å². The van der Waals surface area contributed by atoms with Gasteiger partial charge >= 0.3 is 0 Å². The van der Waals surface area contributed by atoms with Gasteiger partial charge in [-0.1, -0.05) is 42.5 Å². The standard InChI is InChI=1S/C21H25NO4S/c1-26-19-9-7-17(8-10-19)15-21(23)22-13-11-20(12-14-22)27(24,25)16-18-5-3-2-4-6-18/h2-10,20H,11-16H2,1H3. The third-order valence-electron chi connectivity index (χ3n) is 5.03. The number of hydrogen-bond donors (Lipinski definition) is 0. The molecule has 5 nitrogen and oxygen atoms in total. The van der Waals surface area contributed by atoms with Gasteiger partial charge in [0.25, 0.3) is 0 Å². The van der Waals surface area contributed by atoms with Crippen LogP contribution in [-0.4, -0.2) is 44.7 Å². The van der Waals surface area contributed by atoms with Crippen LogP contribution < -0.4 is 4.74 Å². The molecule has 0 aromatic heterocycles. The molecule has 2 aromatic carbocycles. The summed E-state index contributed by atoms with van der Waals surface area (Å²) in [5.41, 5.74) is 1.75. The average Bonchev–Trinajstić information content (AvgIpc) is 2.69. The molecule has 1 aliphatic heterocycles. The highest BCUT2D eigenvalue weighted by Crippen LogP contribution is 2.22. The Balaban J connectivity index is 1.53. The van der Waals surface area contributed by atoms with Gasteiger partial charge in [-0.25, -0.2) is 8.42 Å². The molecular weight excluding hydrogens is 362 g/mol. The topological polar surface area (TPSA) is 63.7 Å². The van der Waals surface area contributed by atoms with Crippen LogP contribution in [0.5, 0.6) is 5.75 Å². The Hall–Kier alpha value is -2.34. The monoisotopic (exact) mass is 387 g/mol. The maximum atomic E-state index is 12.7. The molecule has 144 valence electrons. The predicted octanol–water partition coefficient (Wildman–Crippen LogP) is 2.84. The molecule has 1 aliphatic rings. The Bertz CT molecular complexity index is 855. The van der Waals surface area contributed by atoms with Crippen LogP contribution in [0.1, 0.15) is 24.0 Å². The summed E-state index contributed by atoms with van der Waals surface area (Å²) in [5.74, 6) is 0.868. The smallest absolute Gasteiger partial charge is 0.226 e. The minimum atomic E-state index is -3.20. The van der Waals surface area contributed by atoms with Crippen LogP contribution >= 0.6 is 0 Å². The Morgan fingerprint density at radius 3 is 2.22 bits per heavy atom. The van der Waals surface area contributed by atoms with E-state index >= 15 is 0 Å². The molecule has 0 N–H and O–H groups in total. The molecule has 27 heavy (non-hydrogen) atoms. The second-order valence-electron chi connectivity index (χ2n) is 6.90. The average molecular weight is 388 g/mol. The first-order valence-electron chi connectivity index (χ1n) is 9.14. The molecule has 0 bridgehead atoms. The van der Waals surface area contributed by atoms with Crippen LogP contribution in [0.4, 0.5) is 0 Å². The van der Waals surface area contributed by atoms with Gasteiger partial charge in [0.1, 0.15) is 5.75 Å². The van der Waals surface area contributed by atoms with E-state index in [1.165, 1.54) is 0 Å². The summed E-state index contributed by atoms with van der Waals surface area (Å²) in [6, 6.07) is 16.7. The number of piperidine rings is 1. The van der Waals surface area contributed by atoms with Crippen molar-refractivity contribution in [2.75, 3.05) is 20.2 Å². The Kier molecular flexibility index (Phi) is 6.16. The third-order valence-corrected chi connectivity index (χ3v) is 7.25. The number of carbonyl (C=O) groups excluding carboxylic acids is 1. The lowest BCUT2D eigenvalue weighted by Crippen LogP contribution is -2.43. The highest BCUT2D eigenvalue weighted by Gasteiger charge is 2.31. The zero-order valence-corrected chi connectivity index (χ0v) is 16.3. The molecule has 0 unspecified atom stereocenters. The fourth-order valence-corrected chi connectivity index (χ4v) is 5.24. The lowest BCUT2D eigenvalue weighted by molar-refractivity contribution is -0.131. The predicted molar refractivity (Wildman–Crippen MR) is 105 cm³/mol. The van der Waals surface area contributed by atoms with Crippen molar-refractivity contribution in [3.05, 3.63) is 65.7 Å². The van der Waals surface area contributed by atoms with Crippen LogP contribution in [0, 0.1) is 0 Å². The van der Waals surface area contributed by atoms with Gasteiger partial charge in [-0.15, -0.1) is 0 Å². The summed E-state index contributed by atoms with van der Waals surface area (Å²) >= 11 is 0. The summed E-state index contributed by atoms with van der Waals surface area (Å²) in [7, 11) is -1.60. The molecule has 0 radical (unpaired) electrons. The van der Waals surface area contributed by atoms with Crippen molar-refractivity contribution in [3.63, 3.8) is 0 Å². The van der Waals surface area contributed by atoms with Crippen molar-refractivity contribution in [1.29, 1.82) is 0 Å². The number of likely N-dealkylation sites (tertiary alicyclic amines) is 1. The number of sulfone groups is 1. The van der Waals surface area contributed by atoms with E-state index in [1.54, 1.807) is 12.0 Å². The second kappa shape index (κ2) is 8.57. The largest absolute Gasteiger partial charge is 0.497 e. The number of amides is 1. The molecule has 3 rings (SSSR count). The van der Waals surface area contributed by atoms with Crippen LogP contribution in [-0.2, 0) is 26.8 Å². The quantitative estimate of drug-likeness (QED) is 0.765. The van der Waals surface area contributed by atoms with Crippen LogP contribution in [0.25, 0.3) is 0 Å². The lowest BCUT2D eigenvalue weighted by Gasteiger charge is -2.32. The van der Waals surface area contributed by atoms with Gasteiger partial charge in [0.15, 0.2) is 9.84 Å². The zero-order valence-electron chi connectivity index (χ0n) is 15.5. The van der Waals surface area contributed by atoms with Gasteiger partial charge in [-0.05, 0) is 36.1 Å². The number of nitrogens with zero attached hydrogens (tertiary/aromatic N) is 1. The molecule has 1 fully saturated rings. The number of carbonyl (C=O) groups is 1. The molecule has 2 aromatic rings. The summed E-state index contributed by atoms with van der Waals surface area (Å²) in [4.78, 5) is 14.3. The molecule has 1 amide bonds. The van der Waals surface area contributed by atoms with Crippen molar-refractivity contribution in [2.45, 2.75) is 30.3 Å². The normalized spacial score (nSPS) is 15.5. The van der Waals surface area contributed by atoms with Crippen LogP contribution in [0.3, 0.4) is 0 Å². The molecular formula is C21H25NO4S. The summed E-state index contributed by atoms with van der Waals surface area (Å²) in [6.07, 6.45) is 1.33. The molecule has 0 atom stereocenters. The molecule has 0 spiro atoms. The maximum absolute atomic E-state index is 12.7. The maximum Gasteiger partial charge on any atom is 0.226 e. The first-order valence-corrected chi connectivity index (χ1v) is 10.9. The van der Waals surface area contributed by atoms with Crippen molar-refractivity contribution < 1.29 is 17.9 Å². The molecule has 1 saturated heterocycles. The molecule has 0 saturated carbocycles. The van der Waals surface area contributed by atoms with E-state index in [4.69, 9.17) is 4.74 Å². The number of benzene rings is 2. The minimum absolute atomic E-state index is 0.0408. The van der Waals surface area contributed by atoms with E-state index < -0.39 is 9.84 Å². The second-order valence-corrected chi connectivity index (χ2v) is 9.18. The Morgan fingerprint density at radius 2 is 1.63 bits per heavy atom. The number of hydrogen-bond acceptors (Lipinski definition) is 4. The fraction of sp³-hybridized carbons (Fsp3) is 0.381. The van der Waals surface area contributed by atoms with Gasteiger partial charge in [0.2, 0.25) is 5.91 Å². The number of ether oxygens (including phenoxy) is 1. The number of methoxy groups -OCH3 is 1. The van der Waals surface area contributed by atoms with E-state index in [-0.39, 0.29) is 16.9 Å². The Labute approximate surface area is 160 Å². The molecule has 1 heterocycles. The van der Waals surface area contributed by atoms with E-state index in [2.05, 4.69) is 0 Å². The van der Waals surface area contributed by atoms with E-state index in [0.29, 0.717) is 32.4 Å². The van der Waals surface area contributed by atoms with Crippen molar-refractivity contribution in [2.24, 2.45) is 0 Å². The van der Waals surface area contributed by atoms with Crippen molar-refractivity contribution in [1.82, 2.24) is 4.90 Å². The van der Waals surface area contributed by atoms with E-state index in [1.807, 2.05) is 54.6 Å². The minimum Gasteiger partial charge on any atom is -0.497 e. The van der Waals surface area contributed by atoms with Gasteiger partial charge in [0.05, 0.1) is 24.5 Å². The third kappa shape index (κ3) is 5.10. The number of rotatable bonds is 6. The summed E-state index contributed by atoms with van der Waals surface area (Å²) in [5, 5.41) is -0.372. The van der Waals surface area contributed by atoms with Crippen molar-refractivity contribution in [3.8, 4) is 5.75 Å². The first-order chi connectivity index (χ1) is 13.0. The first kappa shape index (κ1) is 19.4. The van der Waals surface area contributed by atoms with Crippen LogP contribution in [0.2, 0.25) is 0 Å². The summed E-state index contributed by atoms with van der Waals surface area (Å²) < 4.78 is 30.5. The Morgan fingerprint density at radius 1 is 1.00 bits per heavy atom. The molecule has 0 aliphatic carbocycles. The van der Waals surface area contributed by atoms with Gasteiger partial charge in [-0.2, -0.15) is 0 Å². The van der Waals surface area contributed by atoms with Gasteiger partial charge in [-0.3, -0.25) is 4.79 Å². The van der Waals surface area contributed by atoms with E-state index in [9.17, 15) is 13.2 Å². The van der Waals surface area contributed by atoms with Crippen LogP contribution in [0.15, 0.2) is 54.6 Å². The highest BCUT2D eigenvalue weighted by atomic mass is 32.2. The lowest BCUT2D eigenvalue weighted by atomic mass is 10.1. The van der Waals surface area contributed by atoms with Crippen molar-refractivity contribution >= 4 is 15.7 Å². The molecule has 6 heteroatoms. The zero-order chi connectivity index (χ0) is 19.3. The fourth-order valence-electron chi connectivity index (χ4n) is 3.42. The van der Waals surface area contributed by atoms with Gasteiger partial charge in [0, 0.05) is 13.1 Å². The van der Waals surface area contributed by atoms with Gasteiger partial charge < -0.3 is 9.64 Å². The SMILES string of the molecule is COc1ccc(CC(=O)N2CCC(S(=O)(=O)Cc3ccccc3)CC2)cc1. The summed E-state index contributed by atoms with van der Waals surface area (Å²) in [6.45, 7) is 0.987.